The molecular weight excluding hydrogens is 216 g/mol. The van der Waals surface area contributed by atoms with Gasteiger partial charge in [0.2, 0.25) is 0 Å². The monoisotopic (exact) mass is 236 g/mol. The smallest absolute Gasteiger partial charge is 0.331 e. The summed E-state index contributed by atoms with van der Waals surface area (Å²) in [6.45, 7) is 7.61. The van der Waals surface area contributed by atoms with E-state index < -0.39 is 12.1 Å². The molecule has 0 saturated heterocycles. The van der Waals surface area contributed by atoms with E-state index in [1.54, 1.807) is 19.9 Å². The molecule has 1 rings (SSSR count). The number of ketones is 1. The van der Waals surface area contributed by atoms with Crippen LogP contribution in [0.3, 0.4) is 0 Å². The summed E-state index contributed by atoms with van der Waals surface area (Å²) in [6, 6.07) is 0. The summed E-state index contributed by atoms with van der Waals surface area (Å²) in [5, 5.41) is 0. The molecule has 0 aromatic rings. The van der Waals surface area contributed by atoms with Crippen LogP contribution in [0, 0.1) is 11.8 Å². The van der Waals surface area contributed by atoms with E-state index in [4.69, 9.17) is 4.74 Å². The number of hydrogen-bond acceptors (Lipinski definition) is 3. The maximum atomic E-state index is 12.0. The number of allylic oxidation sites excluding steroid dienone is 2. The molecule has 0 saturated carbocycles. The first kappa shape index (κ1) is 13.7. The third-order valence-corrected chi connectivity index (χ3v) is 3.13. The van der Waals surface area contributed by atoms with Crippen LogP contribution in [0.5, 0.6) is 0 Å². The molecule has 3 heteroatoms. The second-order valence-corrected chi connectivity index (χ2v) is 4.75. The Hall–Kier alpha value is -1.38. The van der Waals surface area contributed by atoms with Gasteiger partial charge in [0.15, 0.2) is 11.9 Å². The Balaban J connectivity index is 2.87. The third kappa shape index (κ3) is 3.29. The molecule has 0 aromatic carbocycles. The highest BCUT2D eigenvalue weighted by Crippen LogP contribution is 2.29. The molecule has 2 atom stereocenters. The van der Waals surface area contributed by atoms with Gasteiger partial charge >= 0.3 is 5.97 Å². The van der Waals surface area contributed by atoms with Crippen molar-refractivity contribution in [2.24, 2.45) is 11.8 Å². The zero-order valence-electron chi connectivity index (χ0n) is 10.9. The number of carbonyl (C=O) groups is 2. The zero-order valence-corrected chi connectivity index (χ0v) is 10.9. The van der Waals surface area contributed by atoms with Gasteiger partial charge in [-0.15, -0.1) is 0 Å². The normalized spacial score (nSPS) is 25.2. The Labute approximate surface area is 103 Å². The van der Waals surface area contributed by atoms with Crippen LogP contribution >= 0.6 is 0 Å². The van der Waals surface area contributed by atoms with E-state index in [1.807, 2.05) is 19.9 Å². The van der Waals surface area contributed by atoms with E-state index >= 15 is 0 Å². The standard InChI is InChI=1S/C14H20O3/c1-5-6-12(15)17-14-11(9(2)3)8-7-10(4)13(14)16/h5-7,9,11,14H,8H2,1-4H3. The quantitative estimate of drug-likeness (QED) is 0.559. The molecule has 0 fully saturated rings. The van der Waals surface area contributed by atoms with E-state index in [2.05, 4.69) is 0 Å². The van der Waals surface area contributed by atoms with Gasteiger partial charge in [-0.3, -0.25) is 4.79 Å². The minimum atomic E-state index is -0.622. The molecular formula is C14H20O3. The number of hydrogen-bond donors (Lipinski definition) is 0. The van der Waals surface area contributed by atoms with Crippen molar-refractivity contribution < 1.29 is 14.3 Å². The Bertz CT molecular complexity index is 364. The molecule has 0 aromatic heterocycles. The molecule has 1 aliphatic carbocycles. The molecule has 17 heavy (non-hydrogen) atoms. The van der Waals surface area contributed by atoms with Crippen LogP contribution in [0.25, 0.3) is 0 Å². The van der Waals surface area contributed by atoms with Crippen molar-refractivity contribution in [2.75, 3.05) is 0 Å². The SMILES string of the molecule is CC=CC(=O)OC1C(=O)C(C)=CCC1C(C)C. The number of Topliss-reactive ketones (excluding diaryl/α,β-unsaturated/α-hetero) is 1. The highest BCUT2D eigenvalue weighted by Gasteiger charge is 2.36. The number of esters is 1. The molecule has 0 heterocycles. The van der Waals surface area contributed by atoms with Crippen LogP contribution in [0.1, 0.15) is 34.1 Å². The summed E-state index contributed by atoms with van der Waals surface area (Å²) in [5.41, 5.74) is 0.695. The number of rotatable bonds is 3. The Morgan fingerprint density at radius 3 is 2.71 bits per heavy atom. The van der Waals surface area contributed by atoms with Crippen LogP contribution in [0.15, 0.2) is 23.8 Å². The molecule has 0 aliphatic heterocycles. The molecule has 1 aliphatic rings. The molecule has 94 valence electrons. The second kappa shape index (κ2) is 5.80. The largest absolute Gasteiger partial charge is 0.450 e. The first-order chi connectivity index (χ1) is 7.97. The molecule has 0 spiro atoms. The molecule has 0 N–H and O–H groups in total. The lowest BCUT2D eigenvalue weighted by molar-refractivity contribution is -0.154. The Kier molecular flexibility index (Phi) is 4.67. The average Bonchev–Trinajstić information content (AvgIpc) is 2.25. The van der Waals surface area contributed by atoms with E-state index in [0.29, 0.717) is 11.5 Å². The zero-order chi connectivity index (χ0) is 13.0. The summed E-state index contributed by atoms with van der Waals surface area (Å²) in [7, 11) is 0. The lowest BCUT2D eigenvalue weighted by Gasteiger charge is -2.31. The maximum absolute atomic E-state index is 12.0. The van der Waals surface area contributed by atoms with Crippen LogP contribution in [0.2, 0.25) is 0 Å². The van der Waals surface area contributed by atoms with E-state index in [-0.39, 0.29) is 11.7 Å². The van der Waals surface area contributed by atoms with Gasteiger partial charge in [0.05, 0.1) is 0 Å². The first-order valence-corrected chi connectivity index (χ1v) is 6.01. The van der Waals surface area contributed by atoms with Crippen molar-refractivity contribution >= 4 is 11.8 Å². The van der Waals surface area contributed by atoms with Gasteiger partial charge < -0.3 is 4.74 Å². The first-order valence-electron chi connectivity index (χ1n) is 6.01. The van der Waals surface area contributed by atoms with Gasteiger partial charge in [-0.25, -0.2) is 4.79 Å². The van der Waals surface area contributed by atoms with Crippen molar-refractivity contribution in [1.29, 1.82) is 0 Å². The number of ether oxygens (including phenoxy) is 1. The van der Waals surface area contributed by atoms with Gasteiger partial charge in [0, 0.05) is 12.0 Å². The van der Waals surface area contributed by atoms with Crippen molar-refractivity contribution in [3.05, 3.63) is 23.8 Å². The van der Waals surface area contributed by atoms with Crippen LogP contribution in [-0.2, 0) is 14.3 Å². The minimum Gasteiger partial charge on any atom is -0.450 e. The third-order valence-electron chi connectivity index (χ3n) is 3.13. The van der Waals surface area contributed by atoms with E-state index in [0.717, 1.165) is 6.42 Å². The summed E-state index contributed by atoms with van der Waals surface area (Å²) >= 11 is 0. The predicted octanol–water partition coefficient (Wildman–Crippen LogP) is 2.67. The lowest BCUT2D eigenvalue weighted by atomic mass is 9.79. The summed E-state index contributed by atoms with van der Waals surface area (Å²) < 4.78 is 5.27. The molecule has 0 bridgehead atoms. The fourth-order valence-corrected chi connectivity index (χ4v) is 2.02. The predicted molar refractivity (Wildman–Crippen MR) is 66.4 cm³/mol. The van der Waals surface area contributed by atoms with Crippen LogP contribution < -0.4 is 0 Å². The molecule has 0 amide bonds. The molecule has 3 nitrogen and oxygen atoms in total. The van der Waals surface area contributed by atoms with E-state index in [1.165, 1.54) is 6.08 Å². The average molecular weight is 236 g/mol. The van der Waals surface area contributed by atoms with Crippen molar-refractivity contribution in [2.45, 2.75) is 40.2 Å². The van der Waals surface area contributed by atoms with Crippen LogP contribution in [-0.4, -0.2) is 17.9 Å². The van der Waals surface area contributed by atoms with Gasteiger partial charge in [-0.2, -0.15) is 0 Å². The fourth-order valence-electron chi connectivity index (χ4n) is 2.02. The lowest BCUT2D eigenvalue weighted by Crippen LogP contribution is -2.39. The summed E-state index contributed by atoms with van der Waals surface area (Å²) in [6.07, 6.45) is 5.07. The maximum Gasteiger partial charge on any atom is 0.331 e. The van der Waals surface area contributed by atoms with Gasteiger partial charge in [0.1, 0.15) is 0 Å². The molecule has 0 radical (unpaired) electrons. The second-order valence-electron chi connectivity index (χ2n) is 4.75. The van der Waals surface area contributed by atoms with Gasteiger partial charge in [-0.05, 0) is 31.8 Å². The summed E-state index contributed by atoms with van der Waals surface area (Å²) in [5.74, 6) is -0.105. The highest BCUT2D eigenvalue weighted by atomic mass is 16.5. The highest BCUT2D eigenvalue weighted by molar-refractivity contribution is 6.00. The van der Waals surface area contributed by atoms with E-state index in [9.17, 15) is 9.59 Å². The topological polar surface area (TPSA) is 43.4 Å². The van der Waals surface area contributed by atoms with Crippen molar-refractivity contribution in [3.63, 3.8) is 0 Å². The van der Waals surface area contributed by atoms with Crippen molar-refractivity contribution in [1.82, 2.24) is 0 Å². The minimum absolute atomic E-state index is 0.0622. The Morgan fingerprint density at radius 1 is 1.53 bits per heavy atom. The molecule has 2 unspecified atom stereocenters. The number of carbonyl (C=O) groups excluding carboxylic acids is 2. The van der Waals surface area contributed by atoms with Crippen molar-refractivity contribution in [3.8, 4) is 0 Å². The van der Waals surface area contributed by atoms with Gasteiger partial charge in [-0.1, -0.05) is 26.0 Å². The van der Waals surface area contributed by atoms with Crippen LogP contribution in [0.4, 0.5) is 0 Å². The summed E-state index contributed by atoms with van der Waals surface area (Å²) in [4.78, 5) is 23.5. The fraction of sp³-hybridized carbons (Fsp3) is 0.571. The van der Waals surface area contributed by atoms with Gasteiger partial charge in [0.25, 0.3) is 0 Å². The Morgan fingerprint density at radius 2 is 2.18 bits per heavy atom.